The monoisotopic (exact) mass is 225 g/mol. The summed E-state index contributed by atoms with van der Waals surface area (Å²) in [6.45, 7) is 0. The summed E-state index contributed by atoms with van der Waals surface area (Å²) in [7, 11) is -7.29. The third-order valence-corrected chi connectivity index (χ3v) is 6.02. The van der Waals surface area contributed by atoms with Crippen molar-refractivity contribution in [1.82, 2.24) is 0 Å². The zero-order chi connectivity index (χ0) is 11.6. The van der Waals surface area contributed by atoms with E-state index >= 15 is 0 Å². The molecule has 0 amide bonds. The predicted molar refractivity (Wildman–Crippen MR) is 38.0 cm³/mol. The molecule has 0 aromatic heterocycles. The van der Waals surface area contributed by atoms with Gasteiger partial charge in [-0.25, -0.2) is 0 Å². The molecule has 7 heteroatoms. The first kappa shape index (κ1) is 11.5. The average molecular weight is 225 g/mol. The number of nitriles is 6. The molecule has 0 bridgehead atoms. The fraction of sp³-hybridized carbons (Fsp3) is 0. The van der Waals surface area contributed by atoms with E-state index in [1.165, 1.54) is 0 Å². The molecule has 0 spiro atoms. The van der Waals surface area contributed by atoms with Gasteiger partial charge in [0, 0.05) is 0 Å². The van der Waals surface area contributed by atoms with E-state index in [0.717, 1.165) is 29.8 Å². The van der Waals surface area contributed by atoms with Crippen molar-refractivity contribution in [3.8, 4) is 29.8 Å². The number of nitrogens with zero attached hydrogens (tertiary/aromatic N) is 6. The first-order valence-corrected chi connectivity index (χ1v) is 6.56. The summed E-state index contributed by atoms with van der Waals surface area (Å²) in [6.07, 6.45) is 0. The molecule has 0 saturated carbocycles. The van der Waals surface area contributed by atoms with Crippen LogP contribution in [0.25, 0.3) is 0 Å². The van der Waals surface area contributed by atoms with E-state index in [-0.39, 0.29) is 0 Å². The van der Waals surface area contributed by atoms with Crippen molar-refractivity contribution in [1.29, 1.82) is 31.6 Å². The maximum atomic E-state index is 8.71. The summed E-state index contributed by atoms with van der Waals surface area (Å²) in [5, 5.41) is 52.3. The molecule has 14 heavy (non-hydrogen) atoms. The number of hydrogen-bond donors (Lipinski definition) is 0. The Balaban J connectivity index is 7.57. The summed E-state index contributed by atoms with van der Waals surface area (Å²) in [4.78, 5) is 5.29. The van der Waals surface area contributed by atoms with Crippen LogP contribution in [0.15, 0.2) is 0 Å². The topological polar surface area (TPSA) is 143 Å². The molecular weight excluding hydrogens is 224 g/mol. The average Bonchev–Trinajstić information content (AvgIpc) is 2.31. The summed E-state index contributed by atoms with van der Waals surface area (Å²) < 4.78 is 0. The van der Waals surface area contributed by atoms with Crippen LogP contribution in [0.3, 0.4) is 0 Å². The van der Waals surface area contributed by atoms with Crippen molar-refractivity contribution in [2.45, 2.75) is 0 Å². The molecule has 0 saturated heterocycles. The van der Waals surface area contributed by atoms with Crippen LogP contribution in [0.1, 0.15) is 0 Å². The normalized spacial score (nSPS) is 16.4. The first-order valence-electron chi connectivity index (χ1n) is 2.61. The van der Waals surface area contributed by atoms with Crippen LogP contribution in [0.5, 0.6) is 0 Å². The van der Waals surface area contributed by atoms with Gasteiger partial charge in [0.25, 0.3) is 0 Å². The van der Waals surface area contributed by atoms with Crippen LogP contribution in [0, 0.1) is 67.2 Å². The molecule has 0 aliphatic rings. The van der Waals surface area contributed by atoms with E-state index in [1.807, 2.05) is 0 Å². The van der Waals surface area contributed by atoms with Crippen molar-refractivity contribution in [2.24, 2.45) is 0 Å². The van der Waals surface area contributed by atoms with Crippen molar-refractivity contribution in [3.05, 3.63) is 5.82 Å². The van der Waals surface area contributed by atoms with E-state index in [1.54, 1.807) is 0 Å². The van der Waals surface area contributed by atoms with Gasteiger partial charge in [-0.1, -0.05) is 0 Å². The molecule has 0 aliphatic heterocycles. The molecular formula is C7HFeN6. The Hall–Kier alpha value is -2.54. The van der Waals surface area contributed by atoms with Crippen LogP contribution in [0.2, 0.25) is 0 Å². The summed E-state index contributed by atoms with van der Waals surface area (Å²) in [5.74, 6) is 5.14. The fourth-order valence-corrected chi connectivity index (χ4v) is 1.09. The molecule has 0 aromatic carbocycles. The minimum atomic E-state index is -7.29. The van der Waals surface area contributed by atoms with Crippen molar-refractivity contribution < 1.29 is 9.68 Å². The molecule has 0 unspecified atom stereocenters. The number of rotatable bonds is 0. The van der Waals surface area contributed by atoms with Gasteiger partial charge in [-0.05, 0) is 0 Å². The van der Waals surface area contributed by atoms with Crippen molar-refractivity contribution >= 4 is 0 Å². The van der Waals surface area contributed by atoms with Crippen molar-refractivity contribution in [3.63, 3.8) is 0 Å². The molecule has 0 fully saturated rings. The van der Waals surface area contributed by atoms with E-state index in [0.29, 0.717) is 0 Å². The van der Waals surface area contributed by atoms with E-state index in [2.05, 4.69) is 0 Å². The zero-order valence-corrected chi connectivity index (χ0v) is 7.72. The predicted octanol–water partition coefficient (Wildman–Crippen LogP) is 0.302. The van der Waals surface area contributed by atoms with Gasteiger partial charge < -0.3 is 0 Å². The van der Waals surface area contributed by atoms with Gasteiger partial charge in [-0.15, -0.1) is 0 Å². The maximum absolute atomic E-state index is 8.71. The molecule has 67 valence electrons. The SMILES string of the molecule is [CH][Fe]([C]#N)([C]#N)([C]#N)([C]#N)([C]#N)[C]#N. The fourth-order valence-electron chi connectivity index (χ4n) is 0.265. The standard InChI is InChI=1S/6CN.CH.Fe/c6*1-2;;/h;;;;;;1H;. The Morgan fingerprint density at radius 3 is 0.714 bits per heavy atom. The second-order valence-corrected chi connectivity index (χ2v) is 9.95. The summed E-state index contributed by atoms with van der Waals surface area (Å²) in [6, 6.07) is 0. The summed E-state index contributed by atoms with van der Waals surface area (Å²) in [5.41, 5.74) is 0. The summed E-state index contributed by atoms with van der Waals surface area (Å²) >= 11 is 0. The van der Waals surface area contributed by atoms with Gasteiger partial charge in [0.05, 0.1) is 0 Å². The molecule has 6 nitrogen and oxygen atoms in total. The molecule has 0 rings (SSSR count). The van der Waals surface area contributed by atoms with Gasteiger partial charge in [-0.2, -0.15) is 0 Å². The van der Waals surface area contributed by atoms with E-state index < -0.39 is 9.68 Å². The number of hydrogen-bond acceptors (Lipinski definition) is 6. The molecule has 0 aromatic rings. The van der Waals surface area contributed by atoms with Crippen LogP contribution in [-0.4, -0.2) is 0 Å². The van der Waals surface area contributed by atoms with Crippen LogP contribution in [-0.2, 0) is 9.68 Å². The third-order valence-electron chi connectivity index (χ3n) is 1.46. The van der Waals surface area contributed by atoms with E-state index in [9.17, 15) is 0 Å². The second kappa shape index (κ2) is 1.56. The molecule has 0 heterocycles. The quantitative estimate of drug-likeness (QED) is 0.542. The van der Waals surface area contributed by atoms with Gasteiger partial charge in [0.15, 0.2) is 0 Å². The van der Waals surface area contributed by atoms with E-state index in [4.69, 9.17) is 37.4 Å². The van der Waals surface area contributed by atoms with Gasteiger partial charge in [0.1, 0.15) is 0 Å². The Bertz CT molecular complexity index is 459. The van der Waals surface area contributed by atoms with Crippen LogP contribution in [0.4, 0.5) is 0 Å². The van der Waals surface area contributed by atoms with Crippen LogP contribution >= 0.6 is 0 Å². The Morgan fingerprint density at radius 1 is 0.571 bits per heavy atom. The Labute approximate surface area is 77.3 Å². The molecule has 2 radical (unpaired) electrons. The minimum absolute atomic E-state index is 0.882. The van der Waals surface area contributed by atoms with Gasteiger partial charge >= 0.3 is 76.9 Å². The zero-order valence-electron chi connectivity index (χ0n) is 6.61. The first-order chi connectivity index (χ1) is 6.22. The second-order valence-electron chi connectivity index (χ2n) is 2.41. The van der Waals surface area contributed by atoms with Crippen LogP contribution < -0.4 is 0 Å². The van der Waals surface area contributed by atoms with Gasteiger partial charge in [-0.3, -0.25) is 0 Å². The molecule has 0 N–H and O–H groups in total. The van der Waals surface area contributed by atoms with Crippen molar-refractivity contribution in [2.75, 3.05) is 0 Å². The Morgan fingerprint density at radius 2 is 0.714 bits per heavy atom. The van der Waals surface area contributed by atoms with Gasteiger partial charge in [0.2, 0.25) is 0 Å². The molecule has 0 aliphatic carbocycles. The Kier molecular flexibility index (Phi) is 1.28. The molecule has 0 atom stereocenters. The third kappa shape index (κ3) is 0.605.